The van der Waals surface area contributed by atoms with Crippen molar-refractivity contribution in [2.24, 2.45) is 0 Å². The number of hydrogen-bond acceptors (Lipinski definition) is 3. The number of piperazine rings is 1. The van der Waals surface area contributed by atoms with Crippen molar-refractivity contribution in [2.75, 3.05) is 20.2 Å². The molecule has 0 aromatic rings. The highest BCUT2D eigenvalue weighted by Crippen LogP contribution is 2.32. The summed E-state index contributed by atoms with van der Waals surface area (Å²) in [7, 11) is 1.96. The van der Waals surface area contributed by atoms with E-state index in [9.17, 15) is 4.79 Å². The smallest absolute Gasteiger partial charge is 0.240 e. The Morgan fingerprint density at radius 3 is 2.35 bits per heavy atom. The van der Waals surface area contributed by atoms with Crippen molar-refractivity contribution < 1.29 is 9.90 Å². The maximum absolute atomic E-state index is 12.6. The monoisotopic (exact) mass is 242 g/mol. The van der Waals surface area contributed by atoms with Gasteiger partial charge in [0, 0.05) is 18.7 Å². The molecule has 0 saturated carbocycles. The van der Waals surface area contributed by atoms with Crippen molar-refractivity contribution in [3.8, 4) is 0 Å². The van der Waals surface area contributed by atoms with E-state index >= 15 is 0 Å². The molecular weight excluding hydrogens is 216 g/mol. The van der Waals surface area contributed by atoms with Gasteiger partial charge in [-0.3, -0.25) is 9.69 Å². The predicted octanol–water partition coefficient (Wildman–Crippen LogP) is 1.09. The zero-order valence-electron chi connectivity index (χ0n) is 11.9. The topological polar surface area (TPSA) is 43.8 Å². The van der Waals surface area contributed by atoms with E-state index in [-0.39, 0.29) is 29.6 Å². The van der Waals surface area contributed by atoms with Crippen LogP contribution in [0.2, 0.25) is 0 Å². The first-order valence-electron chi connectivity index (χ1n) is 6.26. The molecule has 0 aliphatic carbocycles. The molecular formula is C13H26N2O2. The number of rotatable bonds is 2. The van der Waals surface area contributed by atoms with Crippen LogP contribution in [0.4, 0.5) is 0 Å². The Kier molecular flexibility index (Phi) is 3.89. The minimum Gasteiger partial charge on any atom is -0.396 e. The van der Waals surface area contributed by atoms with Gasteiger partial charge >= 0.3 is 0 Å². The fourth-order valence-electron chi connectivity index (χ4n) is 3.13. The molecule has 1 amide bonds. The quantitative estimate of drug-likeness (QED) is 0.788. The Hall–Kier alpha value is -0.610. The normalized spacial score (nSPS) is 26.4. The first-order chi connectivity index (χ1) is 7.61. The van der Waals surface area contributed by atoms with E-state index in [0.29, 0.717) is 6.42 Å². The third kappa shape index (κ3) is 2.80. The molecule has 4 heteroatoms. The summed E-state index contributed by atoms with van der Waals surface area (Å²) in [5, 5.41) is 9.08. The average molecular weight is 242 g/mol. The Morgan fingerprint density at radius 1 is 1.41 bits per heavy atom. The summed E-state index contributed by atoms with van der Waals surface area (Å²) >= 11 is 0. The van der Waals surface area contributed by atoms with Crippen molar-refractivity contribution in [3.05, 3.63) is 0 Å². The minimum atomic E-state index is -0.188. The van der Waals surface area contributed by atoms with Crippen molar-refractivity contribution in [1.82, 2.24) is 9.80 Å². The summed E-state index contributed by atoms with van der Waals surface area (Å²) in [5.41, 5.74) is -0.356. The fraction of sp³-hybridized carbons (Fsp3) is 0.923. The van der Waals surface area contributed by atoms with Crippen LogP contribution in [0.3, 0.4) is 0 Å². The van der Waals surface area contributed by atoms with Crippen LogP contribution in [0.5, 0.6) is 0 Å². The van der Waals surface area contributed by atoms with Gasteiger partial charge in [-0.15, -0.1) is 0 Å². The molecule has 1 heterocycles. The number of carbonyl (C=O) groups excluding carboxylic acids is 1. The molecule has 1 aliphatic rings. The molecule has 100 valence electrons. The third-order valence-corrected chi connectivity index (χ3v) is 3.35. The van der Waals surface area contributed by atoms with Gasteiger partial charge in [0.2, 0.25) is 5.91 Å². The molecule has 1 N–H and O–H groups in total. The van der Waals surface area contributed by atoms with Crippen LogP contribution in [0.1, 0.15) is 41.0 Å². The van der Waals surface area contributed by atoms with Crippen LogP contribution in [0.25, 0.3) is 0 Å². The Labute approximate surface area is 105 Å². The highest BCUT2D eigenvalue weighted by atomic mass is 16.3. The largest absolute Gasteiger partial charge is 0.396 e. The summed E-state index contributed by atoms with van der Waals surface area (Å²) in [5.74, 6) is 0.130. The summed E-state index contributed by atoms with van der Waals surface area (Å²) in [6, 6.07) is -0.188. The molecule has 1 rings (SSSR count). The SMILES string of the molecule is CN1CC(C)(C)N(C(C)(C)C)C(=O)C1CCO. The van der Waals surface area contributed by atoms with Gasteiger partial charge in [-0.25, -0.2) is 0 Å². The lowest BCUT2D eigenvalue weighted by Crippen LogP contribution is -2.69. The molecule has 1 aliphatic heterocycles. The van der Waals surface area contributed by atoms with Crippen LogP contribution < -0.4 is 0 Å². The lowest BCUT2D eigenvalue weighted by atomic mass is 9.88. The van der Waals surface area contributed by atoms with Crippen LogP contribution in [0.15, 0.2) is 0 Å². The maximum Gasteiger partial charge on any atom is 0.240 e. The van der Waals surface area contributed by atoms with E-state index in [1.807, 2.05) is 11.9 Å². The van der Waals surface area contributed by atoms with Gasteiger partial charge < -0.3 is 10.0 Å². The van der Waals surface area contributed by atoms with Crippen molar-refractivity contribution in [1.29, 1.82) is 0 Å². The summed E-state index contributed by atoms with van der Waals surface area (Å²) in [4.78, 5) is 16.6. The van der Waals surface area contributed by atoms with Crippen molar-refractivity contribution in [2.45, 2.75) is 58.2 Å². The van der Waals surface area contributed by atoms with Crippen molar-refractivity contribution in [3.63, 3.8) is 0 Å². The summed E-state index contributed by atoms with van der Waals surface area (Å²) < 4.78 is 0. The summed E-state index contributed by atoms with van der Waals surface area (Å²) in [6.45, 7) is 11.3. The fourth-order valence-corrected chi connectivity index (χ4v) is 3.13. The zero-order chi connectivity index (χ0) is 13.4. The number of nitrogens with zero attached hydrogens (tertiary/aromatic N) is 2. The lowest BCUT2D eigenvalue weighted by molar-refractivity contribution is -0.160. The number of aliphatic hydroxyl groups is 1. The molecule has 0 aromatic heterocycles. The van der Waals surface area contributed by atoms with E-state index < -0.39 is 0 Å². The second-order valence-electron chi connectivity index (χ2n) is 6.60. The predicted molar refractivity (Wildman–Crippen MR) is 68.8 cm³/mol. The van der Waals surface area contributed by atoms with E-state index in [0.717, 1.165) is 6.54 Å². The molecule has 0 spiro atoms. The van der Waals surface area contributed by atoms with Gasteiger partial charge in [0.15, 0.2) is 0 Å². The lowest BCUT2D eigenvalue weighted by Gasteiger charge is -2.55. The molecule has 1 atom stereocenters. The Bertz CT molecular complexity index is 294. The molecule has 0 bridgehead atoms. The molecule has 1 saturated heterocycles. The minimum absolute atomic E-state index is 0.0547. The van der Waals surface area contributed by atoms with Crippen LogP contribution >= 0.6 is 0 Å². The van der Waals surface area contributed by atoms with Crippen molar-refractivity contribution >= 4 is 5.91 Å². The molecule has 1 fully saturated rings. The number of amides is 1. The molecule has 1 unspecified atom stereocenters. The highest BCUT2D eigenvalue weighted by Gasteiger charge is 2.47. The van der Waals surface area contributed by atoms with Crippen LogP contribution in [0, 0.1) is 0 Å². The Morgan fingerprint density at radius 2 is 1.94 bits per heavy atom. The Balaban J connectivity index is 3.05. The summed E-state index contributed by atoms with van der Waals surface area (Å²) in [6.07, 6.45) is 0.512. The number of carbonyl (C=O) groups is 1. The second-order valence-corrected chi connectivity index (χ2v) is 6.60. The molecule has 0 radical (unpaired) electrons. The van der Waals surface area contributed by atoms with E-state index in [2.05, 4.69) is 39.5 Å². The van der Waals surface area contributed by atoms with Crippen LogP contribution in [-0.2, 0) is 4.79 Å². The average Bonchev–Trinajstić information content (AvgIpc) is 2.07. The molecule has 4 nitrogen and oxygen atoms in total. The molecule has 0 aromatic carbocycles. The van der Waals surface area contributed by atoms with E-state index in [1.54, 1.807) is 0 Å². The zero-order valence-corrected chi connectivity index (χ0v) is 11.9. The van der Waals surface area contributed by atoms with Gasteiger partial charge in [0.25, 0.3) is 0 Å². The number of aliphatic hydroxyl groups excluding tert-OH is 1. The second kappa shape index (κ2) is 4.58. The first kappa shape index (κ1) is 14.5. The van der Waals surface area contributed by atoms with Gasteiger partial charge in [0.1, 0.15) is 0 Å². The highest BCUT2D eigenvalue weighted by molar-refractivity contribution is 5.84. The van der Waals surface area contributed by atoms with E-state index in [1.165, 1.54) is 0 Å². The standard InChI is InChI=1S/C13H26N2O2/c1-12(2,3)15-11(17)10(7-8-16)14(6)9-13(15,4)5/h10,16H,7-9H2,1-6H3. The number of hydrogen-bond donors (Lipinski definition) is 1. The third-order valence-electron chi connectivity index (χ3n) is 3.35. The van der Waals surface area contributed by atoms with Gasteiger partial charge in [-0.05, 0) is 48.1 Å². The maximum atomic E-state index is 12.6. The molecule has 17 heavy (non-hydrogen) atoms. The number of likely N-dealkylation sites (N-methyl/N-ethyl adjacent to an activating group) is 1. The van der Waals surface area contributed by atoms with E-state index in [4.69, 9.17) is 5.11 Å². The first-order valence-corrected chi connectivity index (χ1v) is 6.26. The van der Waals surface area contributed by atoms with Gasteiger partial charge in [0.05, 0.1) is 11.6 Å². The van der Waals surface area contributed by atoms with Gasteiger partial charge in [-0.1, -0.05) is 0 Å². The van der Waals surface area contributed by atoms with Crippen LogP contribution in [-0.4, -0.2) is 58.1 Å². The van der Waals surface area contributed by atoms with Gasteiger partial charge in [-0.2, -0.15) is 0 Å².